The minimum Gasteiger partial charge on any atom is -0.360 e. The number of aromatic nitrogens is 1. The number of carbonyl (C=O) groups excluding carboxylic acids is 1. The SMILES string of the molecule is O=C(CN1CCN(S(=O)(=O)c2ccc(Cl)cc2)CC1)c1c[nH]c2ccccc12. The van der Waals surface area contributed by atoms with Crippen LogP contribution in [0, 0.1) is 0 Å². The second-order valence-corrected chi connectivity index (χ2v) is 9.18. The molecule has 0 unspecified atom stereocenters. The van der Waals surface area contributed by atoms with Gasteiger partial charge in [-0.25, -0.2) is 8.42 Å². The van der Waals surface area contributed by atoms with Crippen LogP contribution in [-0.4, -0.2) is 61.1 Å². The van der Waals surface area contributed by atoms with Crippen LogP contribution in [-0.2, 0) is 10.0 Å². The van der Waals surface area contributed by atoms with Gasteiger partial charge in [0.1, 0.15) is 0 Å². The van der Waals surface area contributed by atoms with Gasteiger partial charge in [0, 0.05) is 53.9 Å². The first kappa shape index (κ1) is 19.1. The molecule has 1 aliphatic heterocycles. The Morgan fingerprint density at radius 1 is 1.00 bits per heavy atom. The van der Waals surface area contributed by atoms with Gasteiger partial charge in [-0.15, -0.1) is 0 Å². The normalized spacial score (nSPS) is 16.5. The van der Waals surface area contributed by atoms with Crippen LogP contribution in [0.25, 0.3) is 10.9 Å². The fraction of sp³-hybridized carbons (Fsp3) is 0.250. The number of fused-ring (bicyclic) bond motifs is 1. The molecular weight excluding hydrogens is 398 g/mol. The van der Waals surface area contributed by atoms with Crippen molar-refractivity contribution in [1.82, 2.24) is 14.2 Å². The first-order valence-corrected chi connectivity index (χ1v) is 10.8. The van der Waals surface area contributed by atoms with E-state index >= 15 is 0 Å². The van der Waals surface area contributed by atoms with E-state index in [-0.39, 0.29) is 17.2 Å². The molecule has 4 rings (SSSR count). The summed E-state index contributed by atoms with van der Waals surface area (Å²) in [5.41, 5.74) is 1.61. The third-order valence-corrected chi connectivity index (χ3v) is 7.20. The minimum absolute atomic E-state index is 0.0338. The Kier molecular flexibility index (Phi) is 5.25. The van der Waals surface area contributed by atoms with Gasteiger partial charge in [0.05, 0.1) is 11.4 Å². The molecule has 0 atom stereocenters. The maximum Gasteiger partial charge on any atom is 0.243 e. The van der Waals surface area contributed by atoms with E-state index in [1.165, 1.54) is 16.4 Å². The van der Waals surface area contributed by atoms with Crippen molar-refractivity contribution in [2.45, 2.75) is 4.90 Å². The number of H-pyrrole nitrogens is 1. The Morgan fingerprint density at radius 2 is 1.68 bits per heavy atom. The van der Waals surface area contributed by atoms with E-state index in [1.54, 1.807) is 18.3 Å². The summed E-state index contributed by atoms with van der Waals surface area (Å²) < 4.78 is 27.0. The smallest absolute Gasteiger partial charge is 0.243 e. The van der Waals surface area contributed by atoms with Crippen LogP contribution in [0.3, 0.4) is 0 Å². The fourth-order valence-electron chi connectivity index (χ4n) is 3.47. The lowest BCUT2D eigenvalue weighted by Crippen LogP contribution is -2.49. The zero-order valence-electron chi connectivity index (χ0n) is 15.1. The van der Waals surface area contributed by atoms with Crippen molar-refractivity contribution in [3.05, 3.63) is 65.3 Å². The molecule has 6 nitrogen and oxygen atoms in total. The molecule has 1 N–H and O–H groups in total. The van der Waals surface area contributed by atoms with Crippen LogP contribution >= 0.6 is 11.6 Å². The van der Waals surface area contributed by atoms with Crippen molar-refractivity contribution in [2.24, 2.45) is 0 Å². The molecule has 2 heterocycles. The molecular formula is C20H20ClN3O3S. The molecule has 2 aromatic carbocycles. The van der Waals surface area contributed by atoms with Crippen LogP contribution in [0.4, 0.5) is 0 Å². The molecule has 146 valence electrons. The number of sulfonamides is 1. The molecule has 0 saturated carbocycles. The van der Waals surface area contributed by atoms with E-state index in [1.807, 2.05) is 29.2 Å². The Bertz CT molecular complexity index is 1100. The number of carbonyl (C=O) groups is 1. The van der Waals surface area contributed by atoms with E-state index in [4.69, 9.17) is 11.6 Å². The Balaban J connectivity index is 1.40. The molecule has 0 bridgehead atoms. The number of ketones is 1. The Labute approximate surface area is 168 Å². The summed E-state index contributed by atoms with van der Waals surface area (Å²) in [4.78, 5) is 18.1. The van der Waals surface area contributed by atoms with Crippen molar-refractivity contribution in [3.8, 4) is 0 Å². The zero-order valence-corrected chi connectivity index (χ0v) is 16.7. The molecule has 8 heteroatoms. The number of halogens is 1. The van der Waals surface area contributed by atoms with Crippen molar-refractivity contribution in [3.63, 3.8) is 0 Å². The first-order valence-electron chi connectivity index (χ1n) is 9.02. The number of Topliss-reactive ketones (excluding diaryl/α,β-unsaturated/α-hetero) is 1. The highest BCUT2D eigenvalue weighted by Crippen LogP contribution is 2.21. The Morgan fingerprint density at radius 3 is 2.39 bits per heavy atom. The van der Waals surface area contributed by atoms with Crippen LogP contribution in [0.1, 0.15) is 10.4 Å². The summed E-state index contributed by atoms with van der Waals surface area (Å²) in [6, 6.07) is 13.9. The predicted octanol–water partition coefficient (Wildman–Crippen LogP) is 3.01. The summed E-state index contributed by atoms with van der Waals surface area (Å²) in [5.74, 6) is 0.0338. The number of piperazine rings is 1. The van der Waals surface area contributed by atoms with E-state index in [0.717, 1.165) is 10.9 Å². The average Bonchev–Trinajstić information content (AvgIpc) is 3.13. The zero-order chi connectivity index (χ0) is 19.7. The highest BCUT2D eigenvalue weighted by Gasteiger charge is 2.29. The molecule has 0 radical (unpaired) electrons. The Hall–Kier alpha value is -2.19. The number of aromatic amines is 1. The predicted molar refractivity (Wildman–Crippen MR) is 109 cm³/mol. The summed E-state index contributed by atoms with van der Waals surface area (Å²) in [6.07, 6.45) is 1.74. The lowest BCUT2D eigenvalue weighted by Gasteiger charge is -2.33. The second kappa shape index (κ2) is 7.67. The largest absolute Gasteiger partial charge is 0.360 e. The fourth-order valence-corrected chi connectivity index (χ4v) is 5.02. The molecule has 0 spiro atoms. The molecule has 0 amide bonds. The molecule has 1 saturated heterocycles. The number of benzene rings is 2. The molecule has 0 aliphatic carbocycles. The first-order chi connectivity index (χ1) is 13.4. The molecule has 3 aromatic rings. The highest BCUT2D eigenvalue weighted by molar-refractivity contribution is 7.89. The summed E-state index contributed by atoms with van der Waals surface area (Å²) in [7, 11) is -3.54. The minimum atomic E-state index is -3.54. The second-order valence-electron chi connectivity index (χ2n) is 6.81. The van der Waals surface area contributed by atoms with Crippen molar-refractivity contribution >= 4 is 38.3 Å². The summed E-state index contributed by atoms with van der Waals surface area (Å²) >= 11 is 5.84. The summed E-state index contributed by atoms with van der Waals surface area (Å²) in [5, 5.41) is 1.41. The lowest BCUT2D eigenvalue weighted by atomic mass is 10.1. The van der Waals surface area contributed by atoms with E-state index < -0.39 is 10.0 Å². The number of nitrogens with one attached hydrogen (secondary N) is 1. The molecule has 1 aliphatic rings. The van der Waals surface area contributed by atoms with Crippen LogP contribution in [0.5, 0.6) is 0 Å². The van der Waals surface area contributed by atoms with E-state index in [2.05, 4.69) is 4.98 Å². The van der Waals surface area contributed by atoms with Gasteiger partial charge < -0.3 is 4.98 Å². The van der Waals surface area contributed by atoms with Gasteiger partial charge in [-0.2, -0.15) is 4.31 Å². The van der Waals surface area contributed by atoms with Crippen molar-refractivity contribution in [2.75, 3.05) is 32.7 Å². The quantitative estimate of drug-likeness (QED) is 0.647. The number of nitrogens with zero attached hydrogens (tertiary/aromatic N) is 2. The third-order valence-electron chi connectivity index (χ3n) is 5.04. The van der Waals surface area contributed by atoms with Gasteiger partial charge in [-0.05, 0) is 30.3 Å². The van der Waals surface area contributed by atoms with Gasteiger partial charge in [-0.1, -0.05) is 29.8 Å². The third kappa shape index (κ3) is 3.71. The van der Waals surface area contributed by atoms with Crippen LogP contribution < -0.4 is 0 Å². The van der Waals surface area contributed by atoms with Gasteiger partial charge in [-0.3, -0.25) is 9.69 Å². The standard InChI is InChI=1S/C20H20ClN3O3S/c21-15-5-7-16(8-6-15)28(26,27)24-11-9-23(10-12-24)14-20(25)18-13-22-19-4-2-1-3-17(18)19/h1-8,13,22H,9-12,14H2. The molecule has 1 fully saturated rings. The topological polar surface area (TPSA) is 73.5 Å². The highest BCUT2D eigenvalue weighted by atomic mass is 35.5. The van der Waals surface area contributed by atoms with Gasteiger partial charge in [0.15, 0.2) is 5.78 Å². The van der Waals surface area contributed by atoms with Gasteiger partial charge in [0.25, 0.3) is 0 Å². The van der Waals surface area contributed by atoms with Crippen molar-refractivity contribution in [1.29, 1.82) is 0 Å². The van der Waals surface area contributed by atoms with Crippen LogP contribution in [0.15, 0.2) is 59.6 Å². The summed E-state index contributed by atoms with van der Waals surface area (Å²) in [6.45, 7) is 2.01. The molecule has 1 aromatic heterocycles. The number of para-hydroxylation sites is 1. The van der Waals surface area contributed by atoms with Gasteiger partial charge in [0.2, 0.25) is 10.0 Å². The maximum absolute atomic E-state index is 12.8. The van der Waals surface area contributed by atoms with E-state index in [0.29, 0.717) is 36.8 Å². The van der Waals surface area contributed by atoms with Gasteiger partial charge >= 0.3 is 0 Å². The number of rotatable bonds is 5. The lowest BCUT2D eigenvalue weighted by molar-refractivity contribution is 0.0903. The molecule has 28 heavy (non-hydrogen) atoms. The van der Waals surface area contributed by atoms with Crippen molar-refractivity contribution < 1.29 is 13.2 Å². The number of hydrogen-bond acceptors (Lipinski definition) is 4. The van der Waals surface area contributed by atoms with Crippen LogP contribution in [0.2, 0.25) is 5.02 Å². The number of hydrogen-bond donors (Lipinski definition) is 1. The monoisotopic (exact) mass is 417 g/mol. The van der Waals surface area contributed by atoms with E-state index in [9.17, 15) is 13.2 Å². The maximum atomic E-state index is 12.8. The average molecular weight is 418 g/mol.